The van der Waals surface area contributed by atoms with Gasteiger partial charge in [0, 0.05) is 11.6 Å². The molecule has 1 unspecified atom stereocenters. The van der Waals surface area contributed by atoms with Crippen molar-refractivity contribution in [2.75, 3.05) is 17.8 Å². The number of aryl methyl sites for hydroxylation is 1. The van der Waals surface area contributed by atoms with E-state index in [1.807, 2.05) is 13.8 Å². The van der Waals surface area contributed by atoms with E-state index in [1.54, 1.807) is 30.0 Å². The summed E-state index contributed by atoms with van der Waals surface area (Å²) in [6.45, 7) is 6.12. The molecule has 0 radical (unpaired) electrons. The van der Waals surface area contributed by atoms with Crippen molar-refractivity contribution >= 4 is 29.0 Å². The van der Waals surface area contributed by atoms with Gasteiger partial charge in [-0.1, -0.05) is 0 Å². The molecular weight excluding hydrogens is 334 g/mol. The van der Waals surface area contributed by atoms with Crippen molar-refractivity contribution in [3.63, 3.8) is 0 Å². The van der Waals surface area contributed by atoms with Crippen molar-refractivity contribution in [2.45, 2.75) is 32.9 Å². The number of anilines is 1. The summed E-state index contributed by atoms with van der Waals surface area (Å²) in [5.74, 6) is -0.168. The van der Waals surface area contributed by atoms with E-state index in [0.717, 1.165) is 0 Å². The Balaban J connectivity index is 1.89. The van der Waals surface area contributed by atoms with Gasteiger partial charge in [-0.25, -0.2) is 9.00 Å². The van der Waals surface area contributed by atoms with Gasteiger partial charge >= 0.3 is 6.09 Å². The zero-order chi connectivity index (χ0) is 17.9. The highest BCUT2D eigenvalue weighted by molar-refractivity contribution is 7.80. The second-order valence-electron chi connectivity index (χ2n) is 5.92. The van der Waals surface area contributed by atoms with E-state index >= 15 is 0 Å². The summed E-state index contributed by atoms with van der Waals surface area (Å²) in [5, 5.41) is 2.63. The Morgan fingerprint density at radius 2 is 2.04 bits per heavy atom. The molecule has 132 valence electrons. The lowest BCUT2D eigenvalue weighted by molar-refractivity contribution is -0.00700. The van der Waals surface area contributed by atoms with Crippen LogP contribution in [0.25, 0.3) is 0 Å². The summed E-state index contributed by atoms with van der Waals surface area (Å²) < 4.78 is 27.2. The minimum absolute atomic E-state index is 0.00124. The van der Waals surface area contributed by atoms with Crippen molar-refractivity contribution in [2.24, 2.45) is 0 Å². The topological polar surface area (TPSA) is 108 Å². The summed E-state index contributed by atoms with van der Waals surface area (Å²) in [4.78, 5) is 25.4. The van der Waals surface area contributed by atoms with Crippen LogP contribution in [0, 0.1) is 6.92 Å². The van der Waals surface area contributed by atoms with Gasteiger partial charge in [0.25, 0.3) is 17.2 Å². The summed E-state index contributed by atoms with van der Waals surface area (Å²) in [7, 11) is 0. The summed E-state index contributed by atoms with van der Waals surface area (Å²) >= 11 is -2.16. The first kappa shape index (κ1) is 18.2. The van der Waals surface area contributed by atoms with Crippen molar-refractivity contribution in [3.8, 4) is 0 Å². The predicted molar refractivity (Wildman–Crippen MR) is 90.0 cm³/mol. The number of carbonyl (C=O) groups is 2. The fourth-order valence-corrected chi connectivity index (χ4v) is 2.70. The Labute approximate surface area is 143 Å². The number of ether oxygens (including phenoxy) is 1. The van der Waals surface area contributed by atoms with Crippen LogP contribution in [0.1, 0.15) is 29.8 Å². The number of alkyl carbamates (subject to hydrolysis) is 1. The fraction of sp³-hybridized carbons (Fsp3) is 0.467. The summed E-state index contributed by atoms with van der Waals surface area (Å²) in [6, 6.07) is 4.82. The molecule has 1 aromatic rings. The number of amides is 2. The molecule has 0 aromatic heterocycles. The Morgan fingerprint density at radius 1 is 1.38 bits per heavy atom. The second kappa shape index (κ2) is 7.63. The number of hydrogen-bond acceptors (Lipinski definition) is 4. The molecule has 9 heteroatoms. The molecule has 2 rings (SSSR count). The number of hydrogen-bond donors (Lipinski definition) is 3. The highest BCUT2D eigenvalue weighted by Crippen LogP contribution is 2.21. The minimum atomic E-state index is -2.16. The van der Waals surface area contributed by atoms with E-state index in [0.29, 0.717) is 29.9 Å². The van der Waals surface area contributed by atoms with Gasteiger partial charge in [-0.3, -0.25) is 14.1 Å². The maximum absolute atomic E-state index is 12.4. The van der Waals surface area contributed by atoms with E-state index in [1.165, 1.54) is 0 Å². The van der Waals surface area contributed by atoms with Gasteiger partial charge < -0.3 is 15.0 Å². The van der Waals surface area contributed by atoms with Crippen LogP contribution in [0.4, 0.5) is 10.5 Å². The Morgan fingerprint density at radius 3 is 2.58 bits per heavy atom. The van der Waals surface area contributed by atoms with E-state index in [-0.39, 0.29) is 18.1 Å². The van der Waals surface area contributed by atoms with Gasteiger partial charge in [0.2, 0.25) is 0 Å². The van der Waals surface area contributed by atoms with Crippen molar-refractivity contribution in [1.82, 2.24) is 10.2 Å². The maximum Gasteiger partial charge on any atom is 0.407 e. The molecule has 0 bridgehead atoms. The molecule has 1 atom stereocenters. The van der Waals surface area contributed by atoms with Gasteiger partial charge in [0.15, 0.2) is 0 Å². The highest BCUT2D eigenvalue weighted by Gasteiger charge is 2.34. The third-order valence-corrected chi connectivity index (χ3v) is 3.88. The fourth-order valence-electron chi connectivity index (χ4n) is 2.29. The maximum atomic E-state index is 12.4. The van der Waals surface area contributed by atoms with Crippen LogP contribution in [0.15, 0.2) is 18.2 Å². The van der Waals surface area contributed by atoms with Crippen LogP contribution in [0.2, 0.25) is 0 Å². The number of carbonyl (C=O) groups excluding carboxylic acids is 2. The quantitative estimate of drug-likeness (QED) is 0.694. The average molecular weight is 355 g/mol. The van der Waals surface area contributed by atoms with Crippen LogP contribution < -0.4 is 10.0 Å². The standard InChI is InChI=1S/C15H21N3O5S/c1-9(2)16-15(20)23-12-7-18(8-12)14(19)11-4-5-13(10(3)6-11)17-24(21)22/h4-6,9,12,17H,7-8H2,1-3H3,(H,16,20)(H,21,22). The average Bonchev–Trinajstić information content (AvgIpc) is 2.42. The number of rotatable bonds is 5. The number of nitrogens with zero attached hydrogens (tertiary/aromatic N) is 1. The molecular formula is C15H21N3O5S. The first-order valence-corrected chi connectivity index (χ1v) is 8.61. The number of nitrogens with one attached hydrogen (secondary N) is 2. The number of likely N-dealkylation sites (tertiary alicyclic amines) is 1. The van der Waals surface area contributed by atoms with Crippen LogP contribution in [-0.2, 0) is 16.0 Å². The van der Waals surface area contributed by atoms with Crippen LogP contribution in [-0.4, -0.2) is 50.9 Å². The zero-order valence-corrected chi connectivity index (χ0v) is 14.6. The minimum Gasteiger partial charge on any atom is -0.442 e. The summed E-state index contributed by atoms with van der Waals surface area (Å²) in [6.07, 6.45) is -0.781. The Kier molecular flexibility index (Phi) is 5.79. The van der Waals surface area contributed by atoms with Crippen LogP contribution in [0.5, 0.6) is 0 Å². The van der Waals surface area contributed by atoms with Crippen molar-refractivity contribution in [1.29, 1.82) is 0 Å². The molecule has 3 N–H and O–H groups in total. The van der Waals surface area contributed by atoms with Crippen LogP contribution in [0.3, 0.4) is 0 Å². The molecule has 8 nitrogen and oxygen atoms in total. The predicted octanol–water partition coefficient (Wildman–Crippen LogP) is 1.50. The largest absolute Gasteiger partial charge is 0.442 e. The normalized spacial score (nSPS) is 15.6. The van der Waals surface area contributed by atoms with E-state index in [4.69, 9.17) is 9.29 Å². The Bertz CT molecular complexity index is 659. The lowest BCUT2D eigenvalue weighted by Crippen LogP contribution is -2.56. The van der Waals surface area contributed by atoms with Crippen LogP contribution >= 0.6 is 0 Å². The zero-order valence-electron chi connectivity index (χ0n) is 13.7. The highest BCUT2D eigenvalue weighted by atomic mass is 32.2. The first-order valence-electron chi connectivity index (χ1n) is 7.51. The summed E-state index contributed by atoms with van der Waals surface area (Å²) in [5.41, 5.74) is 1.65. The lowest BCUT2D eigenvalue weighted by Gasteiger charge is -2.38. The molecule has 24 heavy (non-hydrogen) atoms. The van der Waals surface area contributed by atoms with Crippen molar-refractivity contribution < 1.29 is 23.1 Å². The van der Waals surface area contributed by atoms with Gasteiger partial charge in [0.05, 0.1) is 18.8 Å². The molecule has 1 aromatic carbocycles. The molecule has 1 aliphatic rings. The van der Waals surface area contributed by atoms with E-state index < -0.39 is 17.4 Å². The Hall–Kier alpha value is -2.13. The van der Waals surface area contributed by atoms with Gasteiger partial charge in [-0.05, 0) is 44.5 Å². The molecule has 1 heterocycles. The smallest absolute Gasteiger partial charge is 0.407 e. The third kappa shape index (κ3) is 4.68. The van der Waals surface area contributed by atoms with Gasteiger partial charge in [-0.2, -0.15) is 0 Å². The number of benzene rings is 1. The third-order valence-electron chi connectivity index (χ3n) is 3.49. The molecule has 0 saturated carbocycles. The first-order chi connectivity index (χ1) is 11.3. The molecule has 1 aliphatic heterocycles. The molecule has 0 aliphatic carbocycles. The SMILES string of the molecule is Cc1cc(C(=O)N2CC(OC(=O)NC(C)C)C2)ccc1NS(=O)O. The van der Waals surface area contributed by atoms with Gasteiger partial charge in [0.1, 0.15) is 6.10 Å². The second-order valence-corrected chi connectivity index (χ2v) is 6.62. The molecule has 0 spiro atoms. The van der Waals surface area contributed by atoms with Crippen molar-refractivity contribution in [3.05, 3.63) is 29.3 Å². The molecule has 1 saturated heterocycles. The molecule has 2 amide bonds. The molecule has 1 fully saturated rings. The van der Waals surface area contributed by atoms with E-state index in [2.05, 4.69) is 10.0 Å². The van der Waals surface area contributed by atoms with E-state index in [9.17, 15) is 13.8 Å². The van der Waals surface area contributed by atoms with Gasteiger partial charge in [-0.15, -0.1) is 0 Å². The monoisotopic (exact) mass is 355 g/mol. The lowest BCUT2D eigenvalue weighted by atomic mass is 10.1.